The number of nitrogens with zero attached hydrogens (tertiary/aromatic N) is 4. The van der Waals surface area contributed by atoms with Crippen LogP contribution >= 0.6 is 22.9 Å². The number of rotatable bonds is 7. The Bertz CT molecular complexity index is 926. The number of hydrogen-bond donors (Lipinski definition) is 1. The van der Waals surface area contributed by atoms with E-state index in [1.165, 1.54) is 11.3 Å². The highest BCUT2D eigenvalue weighted by Gasteiger charge is 2.24. The van der Waals surface area contributed by atoms with Gasteiger partial charge in [0.05, 0.1) is 26.3 Å². The maximum absolute atomic E-state index is 12.5. The van der Waals surface area contributed by atoms with Gasteiger partial charge in [-0.2, -0.15) is 0 Å². The first-order valence-corrected chi connectivity index (χ1v) is 12.0. The predicted octanol–water partition coefficient (Wildman–Crippen LogP) is 1.80. The molecule has 3 heterocycles. The van der Waals surface area contributed by atoms with Crippen molar-refractivity contribution >= 4 is 39.9 Å². The number of ether oxygens (including phenoxy) is 1. The Balaban J connectivity index is 1.19. The Labute approximate surface area is 197 Å². The third kappa shape index (κ3) is 6.49. The lowest BCUT2D eigenvalue weighted by molar-refractivity contribution is -0.135. The van der Waals surface area contributed by atoms with Crippen molar-refractivity contribution in [3.63, 3.8) is 0 Å². The zero-order chi connectivity index (χ0) is 22.3. The Morgan fingerprint density at radius 1 is 1.03 bits per heavy atom. The summed E-state index contributed by atoms with van der Waals surface area (Å²) in [6.45, 7) is 6.43. The smallest absolute Gasteiger partial charge is 0.240 e. The monoisotopic (exact) mass is 477 g/mol. The van der Waals surface area contributed by atoms with Gasteiger partial charge in [-0.25, -0.2) is 4.98 Å². The predicted molar refractivity (Wildman–Crippen MR) is 125 cm³/mol. The number of amides is 2. The minimum atomic E-state index is -0.0864. The largest absolute Gasteiger partial charge is 0.379 e. The van der Waals surface area contributed by atoms with E-state index in [1.807, 2.05) is 29.2 Å². The molecule has 32 heavy (non-hydrogen) atoms. The lowest BCUT2D eigenvalue weighted by Crippen LogP contribution is -2.53. The molecule has 0 bridgehead atoms. The Morgan fingerprint density at radius 3 is 2.50 bits per heavy atom. The molecule has 1 aromatic carbocycles. The van der Waals surface area contributed by atoms with Crippen molar-refractivity contribution in [3.8, 4) is 0 Å². The summed E-state index contributed by atoms with van der Waals surface area (Å²) in [6, 6.07) is 7.73. The molecule has 4 rings (SSSR count). The number of piperazine rings is 1. The highest BCUT2D eigenvalue weighted by molar-refractivity contribution is 7.15. The number of aromatic nitrogens is 1. The zero-order valence-electron chi connectivity index (χ0n) is 18.0. The fraction of sp³-hybridized carbons (Fsp3) is 0.500. The Morgan fingerprint density at radius 2 is 1.75 bits per heavy atom. The van der Waals surface area contributed by atoms with Gasteiger partial charge in [0.25, 0.3) is 0 Å². The van der Waals surface area contributed by atoms with Gasteiger partial charge >= 0.3 is 0 Å². The lowest BCUT2D eigenvalue weighted by Gasteiger charge is -2.36. The van der Waals surface area contributed by atoms with Gasteiger partial charge in [0.15, 0.2) is 5.13 Å². The molecule has 2 fully saturated rings. The van der Waals surface area contributed by atoms with Gasteiger partial charge < -0.3 is 15.0 Å². The van der Waals surface area contributed by atoms with Crippen molar-refractivity contribution in [1.82, 2.24) is 19.7 Å². The zero-order valence-corrected chi connectivity index (χ0v) is 19.5. The summed E-state index contributed by atoms with van der Waals surface area (Å²) in [5, 5.41) is 4.22. The van der Waals surface area contributed by atoms with Crippen LogP contribution in [0.25, 0.3) is 0 Å². The van der Waals surface area contributed by atoms with Crippen LogP contribution in [0.4, 0.5) is 5.13 Å². The van der Waals surface area contributed by atoms with Crippen LogP contribution in [0.1, 0.15) is 10.4 Å². The van der Waals surface area contributed by atoms with Gasteiger partial charge in [0.1, 0.15) is 0 Å². The Kier molecular flexibility index (Phi) is 8.10. The molecule has 2 amide bonds. The first-order chi connectivity index (χ1) is 15.6. The molecule has 0 aliphatic carbocycles. The molecule has 1 aromatic heterocycles. The van der Waals surface area contributed by atoms with Crippen molar-refractivity contribution in [1.29, 1.82) is 0 Å². The van der Waals surface area contributed by atoms with E-state index in [1.54, 1.807) is 6.20 Å². The van der Waals surface area contributed by atoms with E-state index >= 15 is 0 Å². The van der Waals surface area contributed by atoms with Crippen LogP contribution in [0.3, 0.4) is 0 Å². The van der Waals surface area contributed by atoms with Gasteiger partial charge in [0.2, 0.25) is 11.8 Å². The fourth-order valence-electron chi connectivity index (χ4n) is 3.84. The van der Waals surface area contributed by atoms with E-state index < -0.39 is 0 Å². The summed E-state index contributed by atoms with van der Waals surface area (Å²) in [6.07, 6.45) is 2.47. The van der Waals surface area contributed by atoms with Crippen LogP contribution in [-0.2, 0) is 20.7 Å². The van der Waals surface area contributed by atoms with Crippen molar-refractivity contribution in [2.24, 2.45) is 0 Å². The van der Waals surface area contributed by atoms with Crippen molar-refractivity contribution in [3.05, 3.63) is 45.9 Å². The second-order valence-corrected chi connectivity index (χ2v) is 9.52. The third-order valence-electron chi connectivity index (χ3n) is 5.68. The first kappa shape index (κ1) is 23.1. The number of carbonyl (C=O) groups excluding carboxylic acids is 2. The van der Waals surface area contributed by atoms with Crippen molar-refractivity contribution in [2.45, 2.75) is 6.42 Å². The number of benzene rings is 1. The van der Waals surface area contributed by atoms with Crippen LogP contribution in [0, 0.1) is 0 Å². The van der Waals surface area contributed by atoms with Crippen LogP contribution in [0.5, 0.6) is 0 Å². The maximum atomic E-state index is 12.5. The maximum Gasteiger partial charge on any atom is 0.240 e. The number of halogens is 1. The molecule has 2 saturated heterocycles. The van der Waals surface area contributed by atoms with Crippen molar-refractivity contribution in [2.75, 3.05) is 70.9 Å². The van der Waals surface area contributed by atoms with Gasteiger partial charge in [-0.3, -0.25) is 19.4 Å². The third-order valence-corrected chi connectivity index (χ3v) is 6.96. The number of thiazole rings is 1. The van der Waals surface area contributed by atoms with E-state index in [0.29, 0.717) is 64.0 Å². The summed E-state index contributed by atoms with van der Waals surface area (Å²) < 4.78 is 5.33. The molecule has 172 valence electrons. The van der Waals surface area contributed by atoms with Crippen LogP contribution in [0.2, 0.25) is 5.02 Å². The number of anilines is 1. The average molecular weight is 478 g/mol. The second-order valence-electron chi connectivity index (χ2n) is 7.99. The molecule has 8 nitrogen and oxygen atoms in total. The van der Waals surface area contributed by atoms with Gasteiger partial charge in [-0.1, -0.05) is 29.8 Å². The summed E-state index contributed by atoms with van der Waals surface area (Å²) in [5.41, 5.74) is 1.04. The molecule has 0 unspecified atom stereocenters. The van der Waals surface area contributed by atoms with Crippen LogP contribution in [-0.4, -0.2) is 97.1 Å². The summed E-state index contributed by atoms with van der Waals surface area (Å²) in [4.78, 5) is 36.5. The molecule has 1 N–H and O–H groups in total. The number of carbonyl (C=O) groups is 2. The number of morpholine rings is 1. The molecular weight excluding hydrogens is 450 g/mol. The summed E-state index contributed by atoms with van der Waals surface area (Å²) in [5.74, 6) is 0.0709. The van der Waals surface area contributed by atoms with E-state index in [4.69, 9.17) is 16.3 Å². The average Bonchev–Trinajstić information content (AvgIpc) is 3.23. The lowest BCUT2D eigenvalue weighted by atomic mass is 10.1. The molecule has 10 heteroatoms. The van der Waals surface area contributed by atoms with Gasteiger partial charge in [-0.15, -0.1) is 11.3 Å². The van der Waals surface area contributed by atoms with Crippen LogP contribution in [0.15, 0.2) is 30.5 Å². The van der Waals surface area contributed by atoms with Crippen LogP contribution < -0.4 is 5.32 Å². The second kappa shape index (κ2) is 11.2. The summed E-state index contributed by atoms with van der Waals surface area (Å²) >= 11 is 7.69. The molecule has 0 radical (unpaired) electrons. The van der Waals surface area contributed by atoms with E-state index in [2.05, 4.69) is 20.1 Å². The number of hydrogen-bond acceptors (Lipinski definition) is 7. The molecule has 2 aliphatic heterocycles. The summed E-state index contributed by atoms with van der Waals surface area (Å²) in [7, 11) is 0. The normalized spacial score (nSPS) is 18.0. The van der Waals surface area contributed by atoms with E-state index in [0.717, 1.165) is 28.6 Å². The highest BCUT2D eigenvalue weighted by Crippen LogP contribution is 2.24. The topological polar surface area (TPSA) is 78.0 Å². The van der Waals surface area contributed by atoms with Crippen molar-refractivity contribution < 1.29 is 14.3 Å². The van der Waals surface area contributed by atoms with Gasteiger partial charge in [-0.05, 0) is 11.6 Å². The molecule has 0 saturated carbocycles. The SMILES string of the molecule is O=C(CN1CCN(C(=O)CN2CCOCC2)CC1)Nc1ncc(Cc2ccccc2Cl)s1. The molecule has 0 spiro atoms. The molecule has 0 atom stereocenters. The standard InChI is InChI=1S/C22H28ClN5O3S/c23-19-4-2-1-3-17(19)13-18-14-24-22(32-18)25-20(29)15-26-5-7-28(8-6-26)21(30)16-27-9-11-31-12-10-27/h1-4,14H,5-13,15-16H2,(H,24,25,29). The highest BCUT2D eigenvalue weighted by atomic mass is 35.5. The minimum absolute atomic E-state index is 0.0864. The fourth-order valence-corrected chi connectivity index (χ4v) is 4.90. The first-order valence-electron chi connectivity index (χ1n) is 10.8. The minimum Gasteiger partial charge on any atom is -0.379 e. The molecule has 2 aromatic rings. The number of nitrogens with one attached hydrogen (secondary N) is 1. The van der Waals surface area contributed by atoms with E-state index in [-0.39, 0.29) is 11.8 Å². The van der Waals surface area contributed by atoms with Gasteiger partial charge in [0, 0.05) is 61.8 Å². The molecular formula is C22H28ClN5O3S. The quantitative estimate of drug-likeness (QED) is 0.655. The van der Waals surface area contributed by atoms with E-state index in [9.17, 15) is 9.59 Å². The molecule has 2 aliphatic rings. The Hall–Kier alpha value is -2.04.